The number of furan rings is 1. The maximum absolute atomic E-state index is 11.8. The number of aromatic nitrogens is 3. The van der Waals surface area contributed by atoms with Gasteiger partial charge in [0, 0.05) is 33.0 Å². The van der Waals surface area contributed by atoms with E-state index in [9.17, 15) is 5.11 Å². The van der Waals surface area contributed by atoms with E-state index in [1.165, 1.54) is 5.39 Å². The van der Waals surface area contributed by atoms with Crippen molar-refractivity contribution in [2.75, 3.05) is 0 Å². The Balaban J connectivity index is 1.24. The van der Waals surface area contributed by atoms with Crippen LogP contribution in [0, 0.1) is 0 Å². The molecule has 8 aromatic carbocycles. The Morgan fingerprint density at radius 1 is 0.385 bits per heavy atom. The van der Waals surface area contributed by atoms with Gasteiger partial charge in [-0.3, -0.25) is 0 Å². The van der Waals surface area contributed by atoms with Gasteiger partial charge in [0.15, 0.2) is 17.5 Å². The summed E-state index contributed by atoms with van der Waals surface area (Å²) in [7, 11) is 0. The second-order valence-corrected chi connectivity index (χ2v) is 12.9. The lowest BCUT2D eigenvalue weighted by molar-refractivity contribution is 0.477. The molecular formula is C47H29N3O2. The van der Waals surface area contributed by atoms with Gasteiger partial charge in [0.25, 0.3) is 0 Å². The van der Waals surface area contributed by atoms with Crippen LogP contribution >= 0.6 is 0 Å². The molecule has 2 heterocycles. The first-order valence-corrected chi connectivity index (χ1v) is 17.3. The predicted molar refractivity (Wildman–Crippen MR) is 211 cm³/mol. The minimum atomic E-state index is 0.133. The third kappa shape index (κ3) is 4.83. The van der Waals surface area contributed by atoms with E-state index >= 15 is 0 Å². The van der Waals surface area contributed by atoms with Crippen LogP contribution in [0.2, 0.25) is 0 Å². The van der Waals surface area contributed by atoms with Crippen LogP contribution in [-0.2, 0) is 0 Å². The molecule has 0 atom stereocenters. The van der Waals surface area contributed by atoms with Crippen molar-refractivity contribution in [2.24, 2.45) is 0 Å². The quantitative estimate of drug-likeness (QED) is 0.185. The first-order chi connectivity index (χ1) is 25.7. The van der Waals surface area contributed by atoms with Gasteiger partial charge in [-0.15, -0.1) is 0 Å². The number of rotatable bonds is 5. The van der Waals surface area contributed by atoms with E-state index in [0.717, 1.165) is 65.9 Å². The molecule has 1 N–H and O–H groups in total. The summed E-state index contributed by atoms with van der Waals surface area (Å²) >= 11 is 0. The number of nitrogens with zero attached hydrogens (tertiary/aromatic N) is 3. The molecule has 10 rings (SSSR count). The molecular weight excluding hydrogens is 639 g/mol. The molecule has 0 fully saturated rings. The summed E-state index contributed by atoms with van der Waals surface area (Å²) in [6.45, 7) is 0. The molecule has 0 aliphatic rings. The average molecular weight is 668 g/mol. The monoisotopic (exact) mass is 667 g/mol. The molecule has 52 heavy (non-hydrogen) atoms. The lowest BCUT2D eigenvalue weighted by Crippen LogP contribution is -2.02. The maximum Gasteiger partial charge on any atom is 0.164 e. The summed E-state index contributed by atoms with van der Waals surface area (Å²) in [5.74, 6) is 1.71. The number of fused-ring (bicyclic) bond motifs is 6. The number of hydrogen-bond donors (Lipinski definition) is 1. The highest BCUT2D eigenvalue weighted by atomic mass is 16.3. The lowest BCUT2D eigenvalue weighted by atomic mass is 9.89. The Bertz CT molecular complexity index is 2990. The second kappa shape index (κ2) is 12.0. The zero-order chi connectivity index (χ0) is 34.6. The normalized spacial score (nSPS) is 11.5. The number of hydrogen-bond acceptors (Lipinski definition) is 5. The van der Waals surface area contributed by atoms with E-state index < -0.39 is 0 Å². The summed E-state index contributed by atoms with van der Waals surface area (Å²) in [6.07, 6.45) is 0. The molecule has 2 aromatic heterocycles. The van der Waals surface area contributed by atoms with E-state index in [-0.39, 0.29) is 5.75 Å². The van der Waals surface area contributed by atoms with Crippen molar-refractivity contribution >= 4 is 43.5 Å². The fourth-order valence-corrected chi connectivity index (χ4v) is 7.52. The predicted octanol–water partition coefficient (Wildman–Crippen LogP) is 12.1. The Labute approximate surface area is 299 Å². The molecule has 5 nitrogen and oxygen atoms in total. The highest BCUT2D eigenvalue weighted by Gasteiger charge is 2.22. The second-order valence-electron chi connectivity index (χ2n) is 12.9. The van der Waals surface area contributed by atoms with Gasteiger partial charge < -0.3 is 9.52 Å². The SMILES string of the molecule is Oc1cccc(-c2nc(-c3ccccc3)nc(-c3cc4ccccc4c4ccccc34)n2)c1-c1ccccc1-c1cccc2oc3ccccc3c12. The van der Waals surface area contributed by atoms with Crippen LogP contribution in [0.4, 0.5) is 0 Å². The van der Waals surface area contributed by atoms with E-state index in [2.05, 4.69) is 72.8 Å². The molecule has 10 aromatic rings. The van der Waals surface area contributed by atoms with Crippen molar-refractivity contribution in [1.82, 2.24) is 15.0 Å². The van der Waals surface area contributed by atoms with Gasteiger partial charge in [-0.1, -0.05) is 146 Å². The van der Waals surface area contributed by atoms with Gasteiger partial charge in [-0.2, -0.15) is 0 Å². The smallest absolute Gasteiger partial charge is 0.164 e. The van der Waals surface area contributed by atoms with Gasteiger partial charge >= 0.3 is 0 Å². The van der Waals surface area contributed by atoms with E-state index in [1.807, 2.05) is 91.0 Å². The first-order valence-electron chi connectivity index (χ1n) is 17.3. The number of aromatic hydroxyl groups is 1. The molecule has 0 saturated heterocycles. The molecule has 5 heteroatoms. The summed E-state index contributed by atoms with van der Waals surface area (Å²) < 4.78 is 6.27. The number of para-hydroxylation sites is 1. The number of benzene rings is 8. The Morgan fingerprint density at radius 2 is 0.962 bits per heavy atom. The van der Waals surface area contributed by atoms with Crippen LogP contribution in [0.15, 0.2) is 174 Å². The van der Waals surface area contributed by atoms with Crippen molar-refractivity contribution in [3.05, 3.63) is 170 Å². The van der Waals surface area contributed by atoms with Crippen molar-refractivity contribution in [3.63, 3.8) is 0 Å². The largest absolute Gasteiger partial charge is 0.507 e. The summed E-state index contributed by atoms with van der Waals surface area (Å²) in [6, 6.07) is 56.9. The summed E-state index contributed by atoms with van der Waals surface area (Å²) in [5, 5.41) is 18.3. The zero-order valence-corrected chi connectivity index (χ0v) is 27.9. The number of phenolic OH excluding ortho intramolecular Hbond substituents is 1. The molecule has 0 saturated carbocycles. The molecule has 0 radical (unpaired) electrons. The molecule has 0 unspecified atom stereocenters. The average Bonchev–Trinajstić information content (AvgIpc) is 3.60. The minimum absolute atomic E-state index is 0.133. The third-order valence-corrected chi connectivity index (χ3v) is 9.85. The van der Waals surface area contributed by atoms with E-state index in [0.29, 0.717) is 28.6 Å². The topological polar surface area (TPSA) is 72.0 Å². The summed E-state index contributed by atoms with van der Waals surface area (Å²) in [5.41, 5.74) is 7.59. The van der Waals surface area contributed by atoms with Crippen molar-refractivity contribution in [1.29, 1.82) is 0 Å². The molecule has 0 bridgehead atoms. The van der Waals surface area contributed by atoms with Crippen LogP contribution in [0.25, 0.3) is 99.9 Å². The van der Waals surface area contributed by atoms with Crippen LogP contribution in [-0.4, -0.2) is 20.1 Å². The van der Waals surface area contributed by atoms with Crippen LogP contribution < -0.4 is 0 Å². The highest BCUT2D eigenvalue weighted by molar-refractivity contribution is 6.15. The van der Waals surface area contributed by atoms with E-state index in [4.69, 9.17) is 19.4 Å². The fourth-order valence-electron chi connectivity index (χ4n) is 7.52. The molecule has 0 aliphatic heterocycles. The zero-order valence-electron chi connectivity index (χ0n) is 27.9. The first kappa shape index (κ1) is 29.8. The minimum Gasteiger partial charge on any atom is -0.507 e. The fraction of sp³-hybridized carbons (Fsp3) is 0. The Morgan fingerprint density at radius 3 is 1.81 bits per heavy atom. The highest BCUT2D eigenvalue weighted by Crippen LogP contribution is 2.46. The van der Waals surface area contributed by atoms with Crippen LogP contribution in [0.5, 0.6) is 5.75 Å². The van der Waals surface area contributed by atoms with Gasteiger partial charge in [-0.05, 0) is 62.5 Å². The van der Waals surface area contributed by atoms with Crippen molar-refractivity contribution < 1.29 is 9.52 Å². The molecule has 0 aliphatic carbocycles. The van der Waals surface area contributed by atoms with Gasteiger partial charge in [0.1, 0.15) is 16.9 Å². The Hall–Kier alpha value is -7.11. The van der Waals surface area contributed by atoms with Gasteiger partial charge in [0.2, 0.25) is 0 Å². The van der Waals surface area contributed by atoms with Crippen molar-refractivity contribution in [3.8, 4) is 62.2 Å². The summed E-state index contributed by atoms with van der Waals surface area (Å²) in [4.78, 5) is 15.4. The van der Waals surface area contributed by atoms with E-state index in [1.54, 1.807) is 6.07 Å². The van der Waals surface area contributed by atoms with Crippen LogP contribution in [0.3, 0.4) is 0 Å². The van der Waals surface area contributed by atoms with Crippen molar-refractivity contribution in [2.45, 2.75) is 0 Å². The molecule has 244 valence electrons. The number of phenols is 1. The molecule has 0 spiro atoms. The lowest BCUT2D eigenvalue weighted by Gasteiger charge is -2.17. The van der Waals surface area contributed by atoms with Gasteiger partial charge in [0.05, 0.1) is 0 Å². The maximum atomic E-state index is 11.8. The van der Waals surface area contributed by atoms with Crippen LogP contribution in [0.1, 0.15) is 0 Å². The van der Waals surface area contributed by atoms with Gasteiger partial charge in [-0.25, -0.2) is 15.0 Å². The Kier molecular flexibility index (Phi) is 6.89. The standard InChI is InChI=1S/C47H29N3O2/c51-40-25-12-24-38(43(40)35-21-9-8-20-34(35)36-23-13-27-42-44(36)37-22-10-11-26-41(37)52-42)46-48-45(29-14-2-1-3-15-29)49-47(50-46)39-28-30-16-4-5-17-31(30)32-18-6-7-19-33(32)39/h1-28,51H. The molecule has 0 amide bonds. The third-order valence-electron chi connectivity index (χ3n) is 9.85.